The highest BCUT2D eigenvalue weighted by Crippen LogP contribution is 2.23. The molecular formula is C20H17ClN4O2S. The molecule has 0 aliphatic carbocycles. The van der Waals surface area contributed by atoms with Crippen molar-refractivity contribution in [2.45, 2.75) is 11.9 Å². The predicted octanol–water partition coefficient (Wildman–Crippen LogP) is 4.42. The first-order chi connectivity index (χ1) is 13.5. The molecule has 0 unspecified atom stereocenters. The van der Waals surface area contributed by atoms with Crippen LogP contribution in [-0.4, -0.2) is 27.8 Å². The molecule has 1 aromatic heterocycles. The first-order valence-corrected chi connectivity index (χ1v) is 9.77. The molecule has 0 bridgehead atoms. The van der Waals surface area contributed by atoms with E-state index in [4.69, 9.17) is 11.6 Å². The zero-order valence-corrected chi connectivity index (χ0v) is 16.6. The molecule has 2 amide bonds. The van der Waals surface area contributed by atoms with E-state index in [0.29, 0.717) is 27.1 Å². The van der Waals surface area contributed by atoms with Gasteiger partial charge in [-0.3, -0.25) is 9.59 Å². The molecule has 2 aromatic carbocycles. The fourth-order valence-corrected chi connectivity index (χ4v) is 3.10. The molecule has 0 saturated heterocycles. The van der Waals surface area contributed by atoms with Gasteiger partial charge in [-0.1, -0.05) is 47.6 Å². The minimum Gasteiger partial charge on any atom is -0.325 e. The first-order valence-electron chi connectivity index (χ1n) is 8.41. The summed E-state index contributed by atoms with van der Waals surface area (Å²) in [6.45, 7) is 1.85. The number of thioether (sulfide) groups is 1. The van der Waals surface area contributed by atoms with Crippen molar-refractivity contribution in [3.63, 3.8) is 0 Å². The van der Waals surface area contributed by atoms with Crippen molar-refractivity contribution < 1.29 is 9.59 Å². The Balaban J connectivity index is 1.52. The lowest BCUT2D eigenvalue weighted by Gasteiger charge is -2.09. The van der Waals surface area contributed by atoms with Gasteiger partial charge in [-0.15, -0.1) is 10.2 Å². The molecule has 28 heavy (non-hydrogen) atoms. The Morgan fingerprint density at radius 2 is 1.75 bits per heavy atom. The van der Waals surface area contributed by atoms with Crippen molar-refractivity contribution in [2.75, 3.05) is 16.4 Å². The fraction of sp³-hybridized carbons (Fsp3) is 0.100. The van der Waals surface area contributed by atoms with Gasteiger partial charge in [0.2, 0.25) is 5.91 Å². The summed E-state index contributed by atoms with van der Waals surface area (Å²) < 4.78 is 0. The number of hydrogen-bond donors (Lipinski definition) is 2. The normalized spacial score (nSPS) is 10.4. The van der Waals surface area contributed by atoms with E-state index in [1.54, 1.807) is 54.6 Å². The molecule has 3 aromatic rings. The number of nitrogens with zero attached hydrogens (tertiary/aromatic N) is 2. The van der Waals surface area contributed by atoms with Crippen LogP contribution < -0.4 is 10.6 Å². The largest absolute Gasteiger partial charge is 0.325 e. The molecule has 0 aliphatic heterocycles. The molecule has 6 nitrogen and oxygen atoms in total. The van der Waals surface area contributed by atoms with Crippen LogP contribution in [0.2, 0.25) is 5.02 Å². The number of carbonyl (C=O) groups is 2. The smallest absolute Gasteiger partial charge is 0.256 e. The molecule has 8 heteroatoms. The lowest BCUT2D eigenvalue weighted by Crippen LogP contribution is -2.15. The highest BCUT2D eigenvalue weighted by Gasteiger charge is 2.10. The Morgan fingerprint density at radius 3 is 2.46 bits per heavy atom. The standard InChI is InChI=1S/C20H17ClN4O2S/c1-13-15(21)8-5-9-16(13)22-18(26)12-28-19-11-10-17(24-25-19)23-20(27)14-6-3-2-4-7-14/h2-11H,12H2,1H3,(H,22,26)(H,23,24,27). The van der Waals surface area contributed by atoms with Gasteiger partial charge in [0, 0.05) is 16.3 Å². The Kier molecular flexibility index (Phi) is 6.62. The summed E-state index contributed by atoms with van der Waals surface area (Å²) in [4.78, 5) is 24.2. The Bertz CT molecular complexity index is 981. The minimum atomic E-state index is -0.258. The van der Waals surface area contributed by atoms with Gasteiger partial charge in [-0.05, 0) is 48.9 Å². The van der Waals surface area contributed by atoms with Gasteiger partial charge in [0.25, 0.3) is 5.91 Å². The number of amides is 2. The Labute approximate surface area is 171 Å². The fourth-order valence-electron chi connectivity index (χ4n) is 2.31. The van der Waals surface area contributed by atoms with Gasteiger partial charge >= 0.3 is 0 Å². The number of halogens is 1. The molecule has 0 radical (unpaired) electrons. The molecule has 0 atom stereocenters. The van der Waals surface area contributed by atoms with Crippen molar-refractivity contribution >= 4 is 46.7 Å². The highest BCUT2D eigenvalue weighted by atomic mass is 35.5. The second kappa shape index (κ2) is 9.34. The van der Waals surface area contributed by atoms with Crippen LogP contribution in [0.1, 0.15) is 15.9 Å². The summed E-state index contributed by atoms with van der Waals surface area (Å²) in [5.41, 5.74) is 2.04. The van der Waals surface area contributed by atoms with Crippen LogP contribution in [-0.2, 0) is 4.79 Å². The van der Waals surface area contributed by atoms with E-state index in [2.05, 4.69) is 20.8 Å². The lowest BCUT2D eigenvalue weighted by molar-refractivity contribution is -0.113. The minimum absolute atomic E-state index is 0.168. The average molecular weight is 413 g/mol. The first kappa shape index (κ1) is 19.9. The molecule has 0 saturated carbocycles. The van der Waals surface area contributed by atoms with Crippen molar-refractivity contribution in [1.29, 1.82) is 0 Å². The highest BCUT2D eigenvalue weighted by molar-refractivity contribution is 7.99. The van der Waals surface area contributed by atoms with Crippen molar-refractivity contribution in [2.24, 2.45) is 0 Å². The van der Waals surface area contributed by atoms with E-state index >= 15 is 0 Å². The van der Waals surface area contributed by atoms with Crippen LogP contribution in [0.3, 0.4) is 0 Å². The Hall–Kier alpha value is -2.90. The SMILES string of the molecule is Cc1c(Cl)cccc1NC(=O)CSc1ccc(NC(=O)c2ccccc2)nn1. The van der Waals surface area contributed by atoms with Gasteiger partial charge in [0.05, 0.1) is 5.75 Å². The van der Waals surface area contributed by atoms with Crippen LogP contribution in [0.15, 0.2) is 65.7 Å². The van der Waals surface area contributed by atoms with E-state index in [0.717, 1.165) is 5.56 Å². The average Bonchev–Trinajstić information content (AvgIpc) is 2.71. The van der Waals surface area contributed by atoms with Gasteiger partial charge in [0.15, 0.2) is 5.82 Å². The summed E-state index contributed by atoms with van der Waals surface area (Å²) >= 11 is 7.31. The summed E-state index contributed by atoms with van der Waals surface area (Å²) in [5.74, 6) is 0.0958. The molecule has 142 valence electrons. The maximum absolute atomic E-state index is 12.1. The number of hydrogen-bond acceptors (Lipinski definition) is 5. The monoisotopic (exact) mass is 412 g/mol. The molecule has 1 heterocycles. The van der Waals surface area contributed by atoms with Gasteiger partial charge in [-0.25, -0.2) is 0 Å². The lowest BCUT2D eigenvalue weighted by atomic mass is 10.2. The van der Waals surface area contributed by atoms with Crippen LogP contribution in [0.5, 0.6) is 0 Å². The van der Waals surface area contributed by atoms with Gasteiger partial charge in [0.1, 0.15) is 5.03 Å². The maximum Gasteiger partial charge on any atom is 0.256 e. The molecule has 0 spiro atoms. The van der Waals surface area contributed by atoms with Crippen molar-refractivity contribution in [3.05, 3.63) is 76.8 Å². The van der Waals surface area contributed by atoms with Gasteiger partial charge < -0.3 is 10.6 Å². The second-order valence-corrected chi connectivity index (χ2v) is 7.23. The molecule has 2 N–H and O–H groups in total. The Morgan fingerprint density at radius 1 is 0.964 bits per heavy atom. The van der Waals surface area contributed by atoms with Crippen molar-refractivity contribution in [1.82, 2.24) is 10.2 Å². The van der Waals surface area contributed by atoms with Crippen LogP contribution in [0.4, 0.5) is 11.5 Å². The van der Waals surface area contributed by atoms with E-state index in [1.165, 1.54) is 11.8 Å². The number of nitrogens with one attached hydrogen (secondary N) is 2. The van der Waals surface area contributed by atoms with E-state index in [9.17, 15) is 9.59 Å². The van der Waals surface area contributed by atoms with Crippen LogP contribution >= 0.6 is 23.4 Å². The topological polar surface area (TPSA) is 84.0 Å². The molecule has 3 rings (SSSR count). The third kappa shape index (κ3) is 5.31. The summed E-state index contributed by atoms with van der Waals surface area (Å²) in [7, 11) is 0. The zero-order chi connectivity index (χ0) is 19.9. The summed E-state index contributed by atoms with van der Waals surface area (Å²) in [6, 6.07) is 17.6. The quantitative estimate of drug-likeness (QED) is 0.585. The van der Waals surface area contributed by atoms with E-state index < -0.39 is 0 Å². The number of anilines is 2. The molecular weight excluding hydrogens is 396 g/mol. The van der Waals surface area contributed by atoms with Gasteiger partial charge in [-0.2, -0.15) is 0 Å². The number of rotatable bonds is 6. The third-order valence-corrected chi connectivity index (χ3v) is 5.14. The zero-order valence-electron chi connectivity index (χ0n) is 15.0. The second-order valence-electron chi connectivity index (χ2n) is 5.83. The number of benzene rings is 2. The summed E-state index contributed by atoms with van der Waals surface area (Å²) in [6.07, 6.45) is 0. The molecule has 0 fully saturated rings. The van der Waals surface area contributed by atoms with Crippen LogP contribution in [0.25, 0.3) is 0 Å². The maximum atomic E-state index is 12.1. The van der Waals surface area contributed by atoms with E-state index in [1.807, 2.05) is 13.0 Å². The van der Waals surface area contributed by atoms with Crippen LogP contribution in [0, 0.1) is 6.92 Å². The number of aromatic nitrogens is 2. The number of carbonyl (C=O) groups excluding carboxylic acids is 2. The molecule has 0 aliphatic rings. The van der Waals surface area contributed by atoms with Crippen molar-refractivity contribution in [3.8, 4) is 0 Å². The summed E-state index contributed by atoms with van der Waals surface area (Å²) in [5, 5.41) is 14.7. The predicted molar refractivity (Wildman–Crippen MR) is 112 cm³/mol. The third-order valence-electron chi connectivity index (χ3n) is 3.81. The van der Waals surface area contributed by atoms with E-state index in [-0.39, 0.29) is 17.6 Å².